The molecule has 170 valence electrons. The van der Waals surface area contributed by atoms with Crippen molar-refractivity contribution in [3.8, 4) is 11.6 Å². The van der Waals surface area contributed by atoms with Gasteiger partial charge in [-0.05, 0) is 43.2 Å². The Morgan fingerprint density at radius 3 is 2.67 bits per heavy atom. The van der Waals surface area contributed by atoms with E-state index in [1.165, 1.54) is 16.2 Å². The fourth-order valence-corrected chi connectivity index (χ4v) is 4.87. The lowest BCUT2D eigenvalue weighted by molar-refractivity contribution is -0.122. The van der Waals surface area contributed by atoms with Crippen molar-refractivity contribution >= 4 is 45.9 Å². The summed E-state index contributed by atoms with van der Waals surface area (Å²) >= 11 is 6.66. The van der Waals surface area contributed by atoms with Crippen LogP contribution in [0.5, 0.6) is 11.6 Å². The van der Waals surface area contributed by atoms with Crippen molar-refractivity contribution in [2.24, 2.45) is 0 Å². The highest BCUT2D eigenvalue weighted by Crippen LogP contribution is 2.34. The number of carbonyl (C=O) groups is 1. The van der Waals surface area contributed by atoms with Crippen LogP contribution in [0.3, 0.4) is 0 Å². The van der Waals surface area contributed by atoms with Crippen LogP contribution in [0.2, 0.25) is 0 Å². The van der Waals surface area contributed by atoms with E-state index in [0.29, 0.717) is 27.2 Å². The number of ether oxygens (including phenoxy) is 1. The number of fused-ring (bicyclic) bond motifs is 1. The molecule has 1 aromatic carbocycles. The third kappa shape index (κ3) is 5.02. The minimum atomic E-state index is -0.308. The first-order valence-corrected chi connectivity index (χ1v) is 12.2. The van der Waals surface area contributed by atoms with Crippen molar-refractivity contribution in [2.75, 3.05) is 6.54 Å². The van der Waals surface area contributed by atoms with E-state index in [2.05, 4.69) is 11.9 Å². The zero-order valence-electron chi connectivity index (χ0n) is 18.6. The number of amides is 1. The van der Waals surface area contributed by atoms with Crippen LogP contribution in [-0.4, -0.2) is 31.1 Å². The molecule has 1 aliphatic rings. The lowest BCUT2D eigenvalue weighted by Crippen LogP contribution is -2.29. The minimum Gasteiger partial charge on any atom is -0.438 e. The standard InChI is InChI=1S/C25H25N3O3S2/c1-3-4-5-9-15-28-24(30)20(33-25(28)32)16-18-22(31-19-12-7-6-11-17(19)2)26-21-13-8-10-14-27(21)23(18)29/h6-8,10-14,16H,3-5,9,15H2,1-2H3/b20-16+. The van der Waals surface area contributed by atoms with Crippen LogP contribution in [0, 0.1) is 6.92 Å². The van der Waals surface area contributed by atoms with Gasteiger partial charge in [0.15, 0.2) is 0 Å². The van der Waals surface area contributed by atoms with Crippen molar-refractivity contribution < 1.29 is 9.53 Å². The number of hydrogen-bond donors (Lipinski definition) is 0. The van der Waals surface area contributed by atoms with Gasteiger partial charge in [0.25, 0.3) is 11.5 Å². The Hall–Kier alpha value is -2.97. The molecule has 33 heavy (non-hydrogen) atoms. The minimum absolute atomic E-state index is 0.161. The topological polar surface area (TPSA) is 63.9 Å². The van der Waals surface area contributed by atoms with E-state index in [4.69, 9.17) is 17.0 Å². The second-order valence-corrected chi connectivity index (χ2v) is 9.50. The molecule has 6 nitrogen and oxygen atoms in total. The summed E-state index contributed by atoms with van der Waals surface area (Å²) in [6.45, 7) is 4.66. The number of thiocarbonyl (C=S) groups is 1. The highest BCUT2D eigenvalue weighted by atomic mass is 32.2. The normalized spacial score (nSPS) is 15.1. The summed E-state index contributed by atoms with van der Waals surface area (Å²) in [5.41, 5.74) is 1.29. The summed E-state index contributed by atoms with van der Waals surface area (Å²) < 4.78 is 8.04. The number of para-hydroxylation sites is 1. The number of carbonyl (C=O) groups excluding carboxylic acids is 1. The van der Waals surface area contributed by atoms with Gasteiger partial charge in [-0.1, -0.05) is 74.4 Å². The monoisotopic (exact) mass is 479 g/mol. The van der Waals surface area contributed by atoms with Gasteiger partial charge in [-0.15, -0.1) is 0 Å². The molecule has 3 heterocycles. The van der Waals surface area contributed by atoms with Crippen molar-refractivity contribution in [3.63, 3.8) is 0 Å². The van der Waals surface area contributed by atoms with E-state index in [9.17, 15) is 9.59 Å². The van der Waals surface area contributed by atoms with Crippen molar-refractivity contribution in [1.82, 2.24) is 14.3 Å². The highest BCUT2D eigenvalue weighted by molar-refractivity contribution is 8.26. The fourth-order valence-electron chi connectivity index (χ4n) is 3.58. The quantitative estimate of drug-likeness (QED) is 0.239. The molecule has 1 amide bonds. The lowest BCUT2D eigenvalue weighted by Gasteiger charge is -2.14. The maximum absolute atomic E-state index is 13.4. The SMILES string of the molecule is CCCCCCN1C(=O)/C(=C\c2c(Oc3ccccc3C)nc3ccccn3c2=O)SC1=S. The number of nitrogens with zero attached hydrogens (tertiary/aromatic N) is 3. The van der Waals surface area contributed by atoms with Gasteiger partial charge >= 0.3 is 0 Å². The van der Waals surface area contributed by atoms with E-state index in [1.54, 1.807) is 29.3 Å². The Bertz CT molecular complexity index is 1300. The Kier molecular flexibility index (Phi) is 7.25. The number of unbranched alkanes of at least 4 members (excludes halogenated alkanes) is 3. The Morgan fingerprint density at radius 2 is 1.88 bits per heavy atom. The molecule has 0 spiro atoms. The largest absolute Gasteiger partial charge is 0.438 e. The third-order valence-electron chi connectivity index (χ3n) is 5.42. The average Bonchev–Trinajstić information content (AvgIpc) is 3.08. The smallest absolute Gasteiger partial charge is 0.269 e. The fraction of sp³-hybridized carbons (Fsp3) is 0.280. The number of aryl methyl sites for hydroxylation is 1. The predicted octanol–water partition coefficient (Wildman–Crippen LogP) is 5.58. The summed E-state index contributed by atoms with van der Waals surface area (Å²) in [4.78, 5) is 33.0. The van der Waals surface area contributed by atoms with Crippen molar-refractivity contribution in [2.45, 2.75) is 39.5 Å². The van der Waals surface area contributed by atoms with Gasteiger partial charge in [0.1, 0.15) is 21.3 Å². The van der Waals surface area contributed by atoms with Gasteiger partial charge < -0.3 is 4.74 Å². The average molecular weight is 480 g/mol. The Morgan fingerprint density at radius 1 is 1.09 bits per heavy atom. The van der Waals surface area contributed by atoms with Crippen LogP contribution >= 0.6 is 24.0 Å². The first-order valence-electron chi connectivity index (χ1n) is 11.0. The van der Waals surface area contributed by atoms with Crippen LogP contribution in [0.15, 0.2) is 58.4 Å². The van der Waals surface area contributed by atoms with Gasteiger partial charge in [-0.25, -0.2) is 0 Å². The van der Waals surface area contributed by atoms with Crippen LogP contribution in [0.25, 0.3) is 11.7 Å². The van der Waals surface area contributed by atoms with Crippen molar-refractivity contribution in [1.29, 1.82) is 0 Å². The number of hydrogen-bond acceptors (Lipinski definition) is 6. The van der Waals surface area contributed by atoms with E-state index in [-0.39, 0.29) is 22.9 Å². The predicted molar refractivity (Wildman–Crippen MR) is 137 cm³/mol. The maximum Gasteiger partial charge on any atom is 0.269 e. The molecule has 4 rings (SSSR count). The van der Waals surface area contributed by atoms with Crippen LogP contribution in [0.1, 0.15) is 43.7 Å². The summed E-state index contributed by atoms with van der Waals surface area (Å²) in [5, 5.41) is 0. The Labute approximate surface area is 202 Å². The molecule has 1 fully saturated rings. The zero-order valence-corrected chi connectivity index (χ0v) is 20.2. The van der Waals surface area contributed by atoms with E-state index in [0.717, 1.165) is 31.2 Å². The van der Waals surface area contributed by atoms with Crippen molar-refractivity contribution in [3.05, 3.63) is 75.0 Å². The zero-order chi connectivity index (χ0) is 23.4. The molecule has 2 aromatic heterocycles. The molecule has 0 aliphatic carbocycles. The highest BCUT2D eigenvalue weighted by Gasteiger charge is 2.32. The summed E-state index contributed by atoms with van der Waals surface area (Å²) in [6.07, 6.45) is 7.42. The van der Waals surface area contributed by atoms with E-state index in [1.807, 2.05) is 37.3 Å². The van der Waals surface area contributed by atoms with Crippen LogP contribution < -0.4 is 10.3 Å². The van der Waals surface area contributed by atoms with Gasteiger partial charge in [-0.3, -0.25) is 18.9 Å². The molecular weight excluding hydrogens is 454 g/mol. The molecule has 0 bridgehead atoms. The Balaban J connectivity index is 1.73. The van der Waals surface area contributed by atoms with Gasteiger partial charge in [0.2, 0.25) is 5.88 Å². The van der Waals surface area contributed by atoms with Crippen LogP contribution in [0.4, 0.5) is 0 Å². The molecule has 1 aliphatic heterocycles. The third-order valence-corrected chi connectivity index (χ3v) is 6.80. The number of thioether (sulfide) groups is 1. The molecule has 0 unspecified atom stereocenters. The second-order valence-electron chi connectivity index (χ2n) is 7.83. The van der Waals surface area contributed by atoms with Crippen LogP contribution in [-0.2, 0) is 4.79 Å². The molecular formula is C25H25N3O3S2. The first-order chi connectivity index (χ1) is 16.0. The molecule has 3 aromatic rings. The van der Waals surface area contributed by atoms with E-state index >= 15 is 0 Å². The maximum atomic E-state index is 13.4. The number of benzene rings is 1. The number of pyridine rings is 1. The number of rotatable bonds is 8. The van der Waals surface area contributed by atoms with Gasteiger partial charge in [0, 0.05) is 12.7 Å². The number of aromatic nitrogens is 2. The summed E-state index contributed by atoms with van der Waals surface area (Å²) in [6, 6.07) is 12.8. The van der Waals surface area contributed by atoms with Gasteiger partial charge in [0.05, 0.1) is 4.91 Å². The molecule has 0 saturated carbocycles. The van der Waals surface area contributed by atoms with E-state index < -0.39 is 0 Å². The summed E-state index contributed by atoms with van der Waals surface area (Å²) in [7, 11) is 0. The molecule has 0 radical (unpaired) electrons. The van der Waals surface area contributed by atoms with Gasteiger partial charge in [-0.2, -0.15) is 4.98 Å². The molecule has 0 atom stereocenters. The molecule has 8 heteroatoms. The summed E-state index contributed by atoms with van der Waals surface area (Å²) in [5.74, 6) is 0.581. The molecule has 1 saturated heterocycles. The second kappa shape index (κ2) is 10.3. The first kappa shape index (κ1) is 23.2. The molecule has 0 N–H and O–H groups in total. The lowest BCUT2D eigenvalue weighted by atomic mass is 10.2.